The second-order valence-electron chi connectivity index (χ2n) is 6.22. The van der Waals surface area contributed by atoms with Crippen molar-refractivity contribution in [3.05, 3.63) is 23.9 Å². The zero-order valence-corrected chi connectivity index (χ0v) is 15.8. The Bertz CT molecular complexity index is 735. The summed E-state index contributed by atoms with van der Waals surface area (Å²) in [6, 6.07) is 2.14. The van der Waals surface area contributed by atoms with Gasteiger partial charge in [0.15, 0.2) is 15.8 Å². The van der Waals surface area contributed by atoms with Gasteiger partial charge in [-0.1, -0.05) is 0 Å². The van der Waals surface area contributed by atoms with Crippen LogP contribution < -0.4 is 16.0 Å². The topological polar surface area (TPSA) is 95.5 Å². The second kappa shape index (κ2) is 9.25. The molecule has 1 unspecified atom stereocenters. The first-order valence-electron chi connectivity index (χ1n) is 8.72. The van der Waals surface area contributed by atoms with Crippen LogP contribution in [0.3, 0.4) is 0 Å². The van der Waals surface area contributed by atoms with Crippen molar-refractivity contribution in [3.63, 3.8) is 0 Å². The minimum atomic E-state index is -4.39. The summed E-state index contributed by atoms with van der Waals surface area (Å²) >= 11 is 0. The number of nitrogens with one attached hydrogen (secondary N) is 3. The van der Waals surface area contributed by atoms with Crippen molar-refractivity contribution >= 4 is 21.6 Å². The van der Waals surface area contributed by atoms with E-state index in [4.69, 9.17) is 0 Å². The van der Waals surface area contributed by atoms with Crippen LogP contribution in [0.4, 0.5) is 19.0 Å². The summed E-state index contributed by atoms with van der Waals surface area (Å²) in [5, 5.41) is 9.14. The molecule has 0 aromatic carbocycles. The van der Waals surface area contributed by atoms with Crippen molar-refractivity contribution in [1.29, 1.82) is 0 Å². The predicted octanol–water partition coefficient (Wildman–Crippen LogP) is 1.64. The number of sulfone groups is 1. The number of rotatable bonds is 7. The van der Waals surface area contributed by atoms with Gasteiger partial charge in [0, 0.05) is 31.9 Å². The van der Waals surface area contributed by atoms with Crippen LogP contribution in [0.15, 0.2) is 23.3 Å². The van der Waals surface area contributed by atoms with E-state index in [9.17, 15) is 21.6 Å². The Morgan fingerprint density at radius 3 is 2.70 bits per heavy atom. The SMILES string of the molecule is CCNC(=NCCCNc1ccc(C(F)(F)F)cn1)NC1CCS(=O)(=O)C1. The lowest BCUT2D eigenvalue weighted by atomic mass is 10.3. The summed E-state index contributed by atoms with van der Waals surface area (Å²) in [5.41, 5.74) is -0.784. The summed E-state index contributed by atoms with van der Waals surface area (Å²) in [4.78, 5) is 8.13. The summed E-state index contributed by atoms with van der Waals surface area (Å²) in [7, 11) is -2.96. The van der Waals surface area contributed by atoms with Gasteiger partial charge in [-0.3, -0.25) is 4.99 Å². The zero-order valence-electron chi connectivity index (χ0n) is 15.0. The van der Waals surface area contributed by atoms with Crippen LogP contribution >= 0.6 is 0 Å². The number of aromatic nitrogens is 1. The fourth-order valence-corrected chi connectivity index (χ4v) is 4.25. The van der Waals surface area contributed by atoms with Gasteiger partial charge in [0.1, 0.15) is 5.82 Å². The monoisotopic (exact) mass is 407 g/mol. The molecule has 7 nitrogen and oxygen atoms in total. The molecular formula is C16H24F3N5O2S. The highest BCUT2D eigenvalue weighted by Crippen LogP contribution is 2.28. The molecule has 2 heterocycles. The molecule has 152 valence electrons. The highest BCUT2D eigenvalue weighted by atomic mass is 32.2. The molecule has 1 aromatic heterocycles. The molecule has 1 fully saturated rings. The molecule has 0 amide bonds. The Morgan fingerprint density at radius 2 is 2.15 bits per heavy atom. The molecule has 1 saturated heterocycles. The fourth-order valence-electron chi connectivity index (χ4n) is 2.57. The van der Waals surface area contributed by atoms with E-state index in [1.807, 2.05) is 6.92 Å². The van der Waals surface area contributed by atoms with Gasteiger partial charge in [-0.05, 0) is 31.9 Å². The average Bonchev–Trinajstić information content (AvgIpc) is 2.93. The number of hydrogen-bond acceptors (Lipinski definition) is 5. The Morgan fingerprint density at radius 1 is 1.37 bits per heavy atom. The summed E-state index contributed by atoms with van der Waals surface area (Å²) in [5.74, 6) is 1.23. The molecule has 0 aliphatic carbocycles. The molecule has 27 heavy (non-hydrogen) atoms. The Hall–Kier alpha value is -2.04. The van der Waals surface area contributed by atoms with Crippen molar-refractivity contribution in [2.45, 2.75) is 32.0 Å². The summed E-state index contributed by atoms with van der Waals surface area (Å²) in [6.45, 7) is 3.54. The first kappa shape index (κ1) is 21.3. The van der Waals surface area contributed by atoms with Gasteiger partial charge in [-0.15, -0.1) is 0 Å². The second-order valence-corrected chi connectivity index (χ2v) is 8.44. The number of aliphatic imine (C=N–C) groups is 1. The molecule has 0 radical (unpaired) electrons. The quantitative estimate of drug-likeness (QED) is 0.361. The largest absolute Gasteiger partial charge is 0.417 e. The lowest BCUT2D eigenvalue weighted by molar-refractivity contribution is -0.137. The van der Waals surface area contributed by atoms with Crippen LogP contribution in [0.1, 0.15) is 25.3 Å². The molecule has 11 heteroatoms. The minimum Gasteiger partial charge on any atom is -0.370 e. The maximum absolute atomic E-state index is 12.5. The summed E-state index contributed by atoms with van der Waals surface area (Å²) < 4.78 is 60.5. The summed E-state index contributed by atoms with van der Waals surface area (Å²) in [6.07, 6.45) is -2.39. The lowest BCUT2D eigenvalue weighted by Crippen LogP contribution is -2.44. The molecule has 2 rings (SSSR count). The van der Waals surface area contributed by atoms with Gasteiger partial charge >= 0.3 is 6.18 Å². The Labute approximate surface area is 156 Å². The highest BCUT2D eigenvalue weighted by molar-refractivity contribution is 7.91. The molecular weight excluding hydrogens is 383 g/mol. The van der Waals surface area contributed by atoms with E-state index in [1.165, 1.54) is 6.07 Å². The molecule has 0 saturated carbocycles. The third-order valence-electron chi connectivity index (χ3n) is 3.92. The normalized spacial score (nSPS) is 19.7. The van der Waals surface area contributed by atoms with Crippen LogP contribution in [0.5, 0.6) is 0 Å². The minimum absolute atomic E-state index is 0.110. The van der Waals surface area contributed by atoms with Gasteiger partial charge in [0.05, 0.1) is 17.1 Å². The smallest absolute Gasteiger partial charge is 0.370 e. The number of guanidine groups is 1. The van der Waals surface area contributed by atoms with E-state index in [2.05, 4.69) is 25.9 Å². The van der Waals surface area contributed by atoms with Gasteiger partial charge in [0.25, 0.3) is 0 Å². The lowest BCUT2D eigenvalue weighted by Gasteiger charge is -2.15. The van der Waals surface area contributed by atoms with Crippen molar-refractivity contribution in [2.24, 2.45) is 4.99 Å². The first-order chi connectivity index (χ1) is 12.7. The number of alkyl halides is 3. The Balaban J connectivity index is 1.75. The number of halogens is 3. The number of hydrogen-bond donors (Lipinski definition) is 3. The van der Waals surface area contributed by atoms with E-state index in [0.717, 1.165) is 12.3 Å². The van der Waals surface area contributed by atoms with Crippen LogP contribution in [0.25, 0.3) is 0 Å². The van der Waals surface area contributed by atoms with Crippen LogP contribution in [0.2, 0.25) is 0 Å². The van der Waals surface area contributed by atoms with E-state index in [-0.39, 0.29) is 17.5 Å². The van der Waals surface area contributed by atoms with E-state index >= 15 is 0 Å². The molecule has 1 atom stereocenters. The third-order valence-corrected chi connectivity index (χ3v) is 5.69. The van der Waals surface area contributed by atoms with Crippen molar-refractivity contribution in [3.8, 4) is 0 Å². The highest BCUT2D eigenvalue weighted by Gasteiger charge is 2.30. The van der Waals surface area contributed by atoms with E-state index in [0.29, 0.717) is 44.3 Å². The van der Waals surface area contributed by atoms with Gasteiger partial charge in [-0.2, -0.15) is 13.2 Å². The van der Waals surface area contributed by atoms with Gasteiger partial charge in [-0.25, -0.2) is 13.4 Å². The number of pyridine rings is 1. The standard InChI is InChI=1S/C16H24F3N5O2S/c1-2-20-15(24-13-6-9-27(25,26)11-13)22-8-3-7-21-14-5-4-12(10-23-14)16(17,18)19/h4-5,10,13H,2-3,6-9,11H2,1H3,(H,21,23)(H2,20,22,24). The maximum Gasteiger partial charge on any atom is 0.417 e. The van der Waals surface area contributed by atoms with Crippen molar-refractivity contribution in [1.82, 2.24) is 15.6 Å². The maximum atomic E-state index is 12.5. The molecule has 1 aliphatic rings. The predicted molar refractivity (Wildman–Crippen MR) is 98.5 cm³/mol. The van der Waals surface area contributed by atoms with Crippen LogP contribution in [-0.4, -0.2) is 56.5 Å². The van der Waals surface area contributed by atoms with Crippen LogP contribution in [-0.2, 0) is 16.0 Å². The average molecular weight is 407 g/mol. The van der Waals surface area contributed by atoms with Gasteiger partial charge in [0.2, 0.25) is 0 Å². The van der Waals surface area contributed by atoms with Crippen molar-refractivity contribution in [2.75, 3.05) is 36.5 Å². The zero-order chi connectivity index (χ0) is 19.9. The molecule has 1 aromatic rings. The van der Waals surface area contributed by atoms with E-state index in [1.54, 1.807) is 0 Å². The molecule has 0 bridgehead atoms. The van der Waals surface area contributed by atoms with Crippen molar-refractivity contribution < 1.29 is 21.6 Å². The molecule has 1 aliphatic heterocycles. The van der Waals surface area contributed by atoms with Gasteiger partial charge < -0.3 is 16.0 Å². The van der Waals surface area contributed by atoms with E-state index < -0.39 is 21.6 Å². The van der Waals surface area contributed by atoms with Crippen LogP contribution in [0, 0.1) is 0 Å². The first-order valence-corrected chi connectivity index (χ1v) is 10.5. The molecule has 0 spiro atoms. The third kappa shape index (κ3) is 7.24. The Kier molecular flexibility index (Phi) is 7.28. The fraction of sp³-hybridized carbons (Fsp3) is 0.625. The number of nitrogens with zero attached hydrogens (tertiary/aromatic N) is 2. The molecule has 3 N–H and O–H groups in total. The number of anilines is 1.